The molecule has 1 atom stereocenters. The quantitative estimate of drug-likeness (QED) is 0.619. The zero-order valence-electron chi connectivity index (χ0n) is 16.0. The molecule has 0 bridgehead atoms. The Bertz CT molecular complexity index is 975. The second-order valence-corrected chi connectivity index (χ2v) is 7.31. The van der Waals surface area contributed by atoms with Gasteiger partial charge < -0.3 is 16.0 Å². The fourth-order valence-corrected chi connectivity index (χ4v) is 3.90. The SMILES string of the molecule is NCc1ncccc1CNCc1ccc2c(c1)CN(C1CCC(=O)NC1=O)C2=O. The number of nitrogens with zero attached hydrogens (tertiary/aromatic N) is 2. The molecule has 1 unspecified atom stereocenters. The maximum absolute atomic E-state index is 12.7. The van der Waals surface area contributed by atoms with Crippen molar-refractivity contribution >= 4 is 17.7 Å². The average Bonchev–Trinajstić information content (AvgIpc) is 3.04. The van der Waals surface area contributed by atoms with Gasteiger partial charge in [0.05, 0.1) is 5.69 Å². The van der Waals surface area contributed by atoms with Gasteiger partial charge in [0.1, 0.15) is 6.04 Å². The third-order valence-corrected chi connectivity index (χ3v) is 5.41. The van der Waals surface area contributed by atoms with Gasteiger partial charge in [0.25, 0.3) is 5.91 Å². The summed E-state index contributed by atoms with van der Waals surface area (Å²) < 4.78 is 0. The highest BCUT2D eigenvalue weighted by Gasteiger charge is 2.38. The van der Waals surface area contributed by atoms with E-state index in [1.165, 1.54) is 0 Å². The Kier molecular flexibility index (Phi) is 5.37. The minimum absolute atomic E-state index is 0.156. The first-order chi connectivity index (χ1) is 14.1. The van der Waals surface area contributed by atoms with Crippen LogP contribution >= 0.6 is 0 Å². The number of nitrogens with two attached hydrogens (primary N) is 1. The highest BCUT2D eigenvalue weighted by atomic mass is 16.2. The molecule has 0 aliphatic carbocycles. The van der Waals surface area contributed by atoms with Crippen LogP contribution in [0.15, 0.2) is 36.5 Å². The molecule has 1 aromatic heterocycles. The molecule has 2 aromatic rings. The first kappa shape index (κ1) is 19.2. The van der Waals surface area contributed by atoms with Gasteiger partial charge >= 0.3 is 0 Å². The number of piperidine rings is 1. The molecule has 0 radical (unpaired) electrons. The van der Waals surface area contributed by atoms with Crippen LogP contribution in [0.5, 0.6) is 0 Å². The van der Waals surface area contributed by atoms with Crippen LogP contribution in [0.25, 0.3) is 0 Å². The fourth-order valence-electron chi connectivity index (χ4n) is 3.90. The lowest BCUT2D eigenvalue weighted by Gasteiger charge is -2.29. The molecule has 3 amide bonds. The van der Waals surface area contributed by atoms with Gasteiger partial charge in [0.2, 0.25) is 11.8 Å². The van der Waals surface area contributed by atoms with Gasteiger partial charge in [-0.1, -0.05) is 18.2 Å². The van der Waals surface area contributed by atoms with Crippen LogP contribution in [-0.2, 0) is 35.8 Å². The van der Waals surface area contributed by atoms with E-state index in [0.717, 1.165) is 22.4 Å². The smallest absolute Gasteiger partial charge is 0.255 e. The van der Waals surface area contributed by atoms with Crippen LogP contribution in [0.1, 0.15) is 45.6 Å². The van der Waals surface area contributed by atoms with Crippen molar-refractivity contribution in [2.45, 2.75) is 45.1 Å². The Morgan fingerprint density at radius 2 is 2.07 bits per heavy atom. The summed E-state index contributed by atoms with van der Waals surface area (Å²) in [7, 11) is 0. The van der Waals surface area contributed by atoms with E-state index in [-0.39, 0.29) is 18.2 Å². The Morgan fingerprint density at radius 3 is 2.86 bits per heavy atom. The first-order valence-electron chi connectivity index (χ1n) is 9.67. The van der Waals surface area contributed by atoms with Crippen molar-refractivity contribution in [2.75, 3.05) is 0 Å². The number of hydrogen-bond acceptors (Lipinski definition) is 6. The summed E-state index contributed by atoms with van der Waals surface area (Å²) >= 11 is 0. The molecule has 150 valence electrons. The lowest BCUT2D eigenvalue weighted by Crippen LogP contribution is -2.52. The van der Waals surface area contributed by atoms with E-state index in [2.05, 4.69) is 15.6 Å². The standard InChI is InChI=1S/C21H23N5O3/c22-9-17-14(2-1-7-24-17)11-23-10-13-3-4-16-15(8-13)12-26(21(16)29)18-5-6-19(27)25-20(18)28/h1-4,7-8,18,23H,5-6,9-12,22H2,(H,25,27,28). The number of imide groups is 1. The Balaban J connectivity index is 1.41. The molecule has 0 spiro atoms. The van der Waals surface area contributed by atoms with E-state index in [1.807, 2.05) is 30.3 Å². The average molecular weight is 393 g/mol. The summed E-state index contributed by atoms with van der Waals surface area (Å²) in [6.07, 6.45) is 2.36. The number of carbonyl (C=O) groups is 3. The molecule has 4 N–H and O–H groups in total. The van der Waals surface area contributed by atoms with E-state index < -0.39 is 11.9 Å². The van der Waals surface area contributed by atoms with Gasteiger partial charge in [0, 0.05) is 44.4 Å². The van der Waals surface area contributed by atoms with Gasteiger partial charge in [-0.3, -0.25) is 24.7 Å². The molecule has 1 saturated heterocycles. The number of rotatable bonds is 6. The van der Waals surface area contributed by atoms with Crippen molar-refractivity contribution < 1.29 is 14.4 Å². The molecule has 0 saturated carbocycles. The number of amides is 3. The highest BCUT2D eigenvalue weighted by molar-refractivity contribution is 6.05. The predicted octanol–water partition coefficient (Wildman–Crippen LogP) is 0.591. The summed E-state index contributed by atoms with van der Waals surface area (Å²) in [5.74, 6) is -0.830. The lowest BCUT2D eigenvalue weighted by molar-refractivity contribution is -0.136. The minimum Gasteiger partial charge on any atom is -0.325 e. The van der Waals surface area contributed by atoms with Crippen molar-refractivity contribution in [3.05, 3.63) is 64.5 Å². The molecule has 8 heteroatoms. The van der Waals surface area contributed by atoms with Gasteiger partial charge in [-0.2, -0.15) is 0 Å². The number of fused-ring (bicyclic) bond motifs is 1. The molecule has 2 aliphatic heterocycles. The first-order valence-corrected chi connectivity index (χ1v) is 9.67. The third-order valence-electron chi connectivity index (χ3n) is 5.41. The monoisotopic (exact) mass is 393 g/mol. The van der Waals surface area contributed by atoms with Gasteiger partial charge in [-0.15, -0.1) is 0 Å². The maximum atomic E-state index is 12.7. The highest BCUT2D eigenvalue weighted by Crippen LogP contribution is 2.28. The van der Waals surface area contributed by atoms with Crippen LogP contribution in [0.4, 0.5) is 0 Å². The number of carbonyl (C=O) groups excluding carboxylic acids is 3. The summed E-state index contributed by atoms with van der Waals surface area (Å²) in [6.45, 7) is 2.07. The van der Waals surface area contributed by atoms with Crippen LogP contribution in [-0.4, -0.2) is 33.6 Å². The Morgan fingerprint density at radius 1 is 1.21 bits per heavy atom. The molecule has 1 aromatic carbocycles. The molecule has 29 heavy (non-hydrogen) atoms. The molecular weight excluding hydrogens is 370 g/mol. The zero-order valence-corrected chi connectivity index (χ0v) is 16.0. The summed E-state index contributed by atoms with van der Waals surface area (Å²) in [5, 5.41) is 5.71. The van der Waals surface area contributed by atoms with Crippen LogP contribution in [0.2, 0.25) is 0 Å². The number of benzene rings is 1. The van der Waals surface area contributed by atoms with Crippen molar-refractivity contribution in [2.24, 2.45) is 5.73 Å². The van der Waals surface area contributed by atoms with Crippen LogP contribution in [0, 0.1) is 0 Å². The molecule has 2 aliphatic rings. The topological polar surface area (TPSA) is 117 Å². The van der Waals surface area contributed by atoms with Gasteiger partial charge in [0.15, 0.2) is 0 Å². The lowest BCUT2D eigenvalue weighted by atomic mass is 10.0. The normalized spacial score (nSPS) is 18.7. The molecular formula is C21H23N5O3. The molecule has 8 nitrogen and oxygen atoms in total. The second kappa shape index (κ2) is 8.10. The molecule has 1 fully saturated rings. The third kappa shape index (κ3) is 3.90. The number of nitrogens with one attached hydrogen (secondary N) is 2. The zero-order chi connectivity index (χ0) is 20.4. The number of pyridine rings is 1. The fraction of sp³-hybridized carbons (Fsp3) is 0.333. The van der Waals surface area contributed by atoms with Crippen molar-refractivity contribution in [1.82, 2.24) is 20.5 Å². The maximum Gasteiger partial charge on any atom is 0.255 e. The van der Waals surface area contributed by atoms with E-state index >= 15 is 0 Å². The van der Waals surface area contributed by atoms with Crippen LogP contribution < -0.4 is 16.4 Å². The van der Waals surface area contributed by atoms with E-state index in [1.54, 1.807) is 11.1 Å². The molecule has 4 rings (SSSR count). The van der Waals surface area contributed by atoms with E-state index in [0.29, 0.717) is 38.2 Å². The minimum atomic E-state index is -0.588. The largest absolute Gasteiger partial charge is 0.325 e. The number of aromatic nitrogens is 1. The van der Waals surface area contributed by atoms with Crippen molar-refractivity contribution in [1.29, 1.82) is 0 Å². The predicted molar refractivity (Wildman–Crippen MR) is 105 cm³/mol. The molecule has 3 heterocycles. The summed E-state index contributed by atoms with van der Waals surface area (Å²) in [6, 6.07) is 9.04. The van der Waals surface area contributed by atoms with E-state index in [4.69, 9.17) is 5.73 Å². The second-order valence-electron chi connectivity index (χ2n) is 7.31. The van der Waals surface area contributed by atoms with Crippen LogP contribution in [0.3, 0.4) is 0 Å². The number of hydrogen-bond donors (Lipinski definition) is 3. The Hall–Kier alpha value is -3.10. The summed E-state index contributed by atoms with van der Waals surface area (Å²) in [4.78, 5) is 42.1. The summed E-state index contributed by atoms with van der Waals surface area (Å²) in [5.41, 5.74) is 10.2. The van der Waals surface area contributed by atoms with Crippen molar-refractivity contribution in [3.63, 3.8) is 0 Å². The van der Waals surface area contributed by atoms with E-state index in [9.17, 15) is 14.4 Å². The van der Waals surface area contributed by atoms with Gasteiger partial charge in [-0.25, -0.2) is 0 Å². The van der Waals surface area contributed by atoms with Gasteiger partial charge in [-0.05, 0) is 35.2 Å². The van der Waals surface area contributed by atoms with Crippen molar-refractivity contribution in [3.8, 4) is 0 Å². The Labute approximate surface area is 168 Å².